The highest BCUT2D eigenvalue weighted by Crippen LogP contribution is 2.42. The lowest BCUT2D eigenvalue weighted by atomic mass is 9.95. The molecule has 0 aliphatic heterocycles. The fourth-order valence-electron chi connectivity index (χ4n) is 6.34. The third-order valence-corrected chi connectivity index (χ3v) is 8.52. The first-order valence-electron chi connectivity index (χ1n) is 15.0. The Kier molecular flexibility index (Phi) is 5.78. The lowest BCUT2D eigenvalue weighted by Crippen LogP contribution is -2.00. The maximum Gasteiger partial charge on any atom is 0.164 e. The van der Waals surface area contributed by atoms with Gasteiger partial charge in [-0.15, -0.1) is 0 Å². The molecule has 0 spiro atoms. The van der Waals surface area contributed by atoms with Gasteiger partial charge in [-0.05, 0) is 39.4 Å². The van der Waals surface area contributed by atoms with Crippen molar-refractivity contribution in [2.75, 3.05) is 0 Å². The van der Waals surface area contributed by atoms with Crippen molar-refractivity contribution in [3.05, 3.63) is 152 Å². The van der Waals surface area contributed by atoms with Crippen molar-refractivity contribution in [2.24, 2.45) is 0 Å². The van der Waals surface area contributed by atoms with E-state index in [-0.39, 0.29) is 0 Å². The molecule has 0 amide bonds. The molecule has 0 unspecified atom stereocenters. The van der Waals surface area contributed by atoms with Gasteiger partial charge in [-0.2, -0.15) is 0 Å². The third-order valence-electron chi connectivity index (χ3n) is 8.52. The van der Waals surface area contributed by atoms with Crippen LogP contribution in [0.1, 0.15) is 0 Å². The van der Waals surface area contributed by atoms with E-state index in [0.29, 0.717) is 17.5 Å². The van der Waals surface area contributed by atoms with Gasteiger partial charge in [0.25, 0.3) is 0 Å². The van der Waals surface area contributed by atoms with Gasteiger partial charge in [0, 0.05) is 32.8 Å². The van der Waals surface area contributed by atoms with Crippen LogP contribution in [0.15, 0.2) is 156 Å². The predicted molar refractivity (Wildman–Crippen MR) is 184 cm³/mol. The van der Waals surface area contributed by atoms with Crippen molar-refractivity contribution in [3.63, 3.8) is 0 Å². The molecular weight excluding hydrogens is 550 g/mol. The van der Waals surface area contributed by atoms with Crippen LogP contribution in [0.25, 0.3) is 88.8 Å². The second-order valence-corrected chi connectivity index (χ2v) is 11.2. The zero-order valence-corrected chi connectivity index (χ0v) is 24.2. The molecule has 0 fully saturated rings. The van der Waals surface area contributed by atoms with Crippen LogP contribution in [-0.2, 0) is 0 Å². The summed E-state index contributed by atoms with van der Waals surface area (Å²) in [6.45, 7) is 0. The van der Waals surface area contributed by atoms with E-state index >= 15 is 0 Å². The SMILES string of the molecule is c1ccc(-c2ccc(-c3nc(-c4ccccc4)nc(-c4ccc5c6ccccc6c6oc7ccccc7c6c5c4)n3)cc2)cc1. The van der Waals surface area contributed by atoms with Gasteiger partial charge >= 0.3 is 0 Å². The van der Waals surface area contributed by atoms with Crippen LogP contribution in [0, 0.1) is 0 Å². The molecule has 9 aromatic rings. The minimum absolute atomic E-state index is 0.627. The zero-order valence-electron chi connectivity index (χ0n) is 24.2. The number of hydrogen-bond donors (Lipinski definition) is 0. The first-order chi connectivity index (χ1) is 22.3. The van der Waals surface area contributed by atoms with Gasteiger partial charge in [0.15, 0.2) is 17.5 Å². The van der Waals surface area contributed by atoms with E-state index in [1.165, 1.54) is 10.9 Å². The molecular formula is C41H25N3O. The maximum atomic E-state index is 6.47. The topological polar surface area (TPSA) is 51.8 Å². The average Bonchev–Trinajstić information content (AvgIpc) is 3.52. The van der Waals surface area contributed by atoms with Gasteiger partial charge in [0.1, 0.15) is 11.2 Å². The Balaban J connectivity index is 1.27. The Labute approximate surface area is 259 Å². The summed E-state index contributed by atoms with van der Waals surface area (Å²) in [4.78, 5) is 15.0. The molecule has 9 rings (SSSR count). The summed E-state index contributed by atoms with van der Waals surface area (Å²) < 4.78 is 6.47. The monoisotopic (exact) mass is 575 g/mol. The largest absolute Gasteiger partial charge is 0.455 e. The average molecular weight is 576 g/mol. The van der Waals surface area contributed by atoms with Crippen molar-refractivity contribution >= 4 is 43.5 Å². The maximum absolute atomic E-state index is 6.47. The first-order valence-corrected chi connectivity index (χ1v) is 15.0. The summed E-state index contributed by atoms with van der Waals surface area (Å²) >= 11 is 0. The Morgan fingerprint density at radius 2 is 0.800 bits per heavy atom. The van der Waals surface area contributed by atoms with E-state index < -0.39 is 0 Å². The molecule has 0 bridgehead atoms. The fraction of sp³-hybridized carbons (Fsp3) is 0. The van der Waals surface area contributed by atoms with Crippen molar-refractivity contribution in [3.8, 4) is 45.3 Å². The lowest BCUT2D eigenvalue weighted by molar-refractivity contribution is 0.673. The molecule has 0 saturated heterocycles. The number of para-hydroxylation sites is 1. The summed E-state index contributed by atoms with van der Waals surface area (Å²) in [6.07, 6.45) is 0. The quantitative estimate of drug-likeness (QED) is 0.196. The highest BCUT2D eigenvalue weighted by molar-refractivity contribution is 6.30. The van der Waals surface area contributed by atoms with Crippen LogP contribution in [0.2, 0.25) is 0 Å². The number of furan rings is 1. The van der Waals surface area contributed by atoms with Crippen LogP contribution in [0.4, 0.5) is 0 Å². The molecule has 7 aromatic carbocycles. The highest BCUT2D eigenvalue weighted by atomic mass is 16.3. The van der Waals surface area contributed by atoms with E-state index in [1.54, 1.807) is 0 Å². The van der Waals surface area contributed by atoms with Crippen LogP contribution < -0.4 is 0 Å². The summed E-state index contributed by atoms with van der Waals surface area (Å²) in [5.41, 5.74) is 6.90. The summed E-state index contributed by atoms with van der Waals surface area (Å²) in [5.74, 6) is 1.90. The highest BCUT2D eigenvalue weighted by Gasteiger charge is 2.18. The van der Waals surface area contributed by atoms with Crippen LogP contribution in [0.3, 0.4) is 0 Å². The third kappa shape index (κ3) is 4.27. The molecule has 0 aliphatic carbocycles. The first kappa shape index (κ1) is 25.4. The minimum atomic E-state index is 0.627. The molecule has 2 heterocycles. The molecule has 0 radical (unpaired) electrons. The van der Waals surface area contributed by atoms with E-state index in [9.17, 15) is 0 Å². The zero-order chi connectivity index (χ0) is 29.7. The van der Waals surface area contributed by atoms with Gasteiger partial charge in [0.05, 0.1) is 0 Å². The Hall–Kier alpha value is -6.13. The van der Waals surface area contributed by atoms with Gasteiger partial charge < -0.3 is 4.42 Å². The standard InChI is InChI=1S/C41H25N3O/c1-3-11-26(12-4-1)27-19-21-29(22-20-27)40-42-39(28-13-5-2-6-14-28)43-41(44-40)30-23-24-32-31-15-7-8-16-33(31)38-37(35(32)25-30)34-17-9-10-18-36(34)45-38/h1-25H. The van der Waals surface area contributed by atoms with Gasteiger partial charge in [0.2, 0.25) is 0 Å². The summed E-state index contributed by atoms with van der Waals surface area (Å²) in [7, 11) is 0. The van der Waals surface area contributed by atoms with E-state index in [2.05, 4.69) is 103 Å². The Morgan fingerprint density at radius 3 is 1.51 bits per heavy atom. The second-order valence-electron chi connectivity index (χ2n) is 11.2. The van der Waals surface area contributed by atoms with Gasteiger partial charge in [-0.3, -0.25) is 0 Å². The van der Waals surface area contributed by atoms with Crippen molar-refractivity contribution < 1.29 is 4.42 Å². The smallest absolute Gasteiger partial charge is 0.164 e. The molecule has 2 aromatic heterocycles. The van der Waals surface area contributed by atoms with E-state index in [0.717, 1.165) is 60.4 Å². The number of aromatic nitrogens is 3. The normalized spacial score (nSPS) is 11.6. The minimum Gasteiger partial charge on any atom is -0.455 e. The molecule has 4 nitrogen and oxygen atoms in total. The van der Waals surface area contributed by atoms with Gasteiger partial charge in [-0.25, -0.2) is 15.0 Å². The van der Waals surface area contributed by atoms with E-state index in [1.807, 2.05) is 48.5 Å². The lowest BCUT2D eigenvalue weighted by Gasteiger charge is -2.11. The predicted octanol–water partition coefficient (Wildman–Crippen LogP) is 10.7. The summed E-state index contributed by atoms with van der Waals surface area (Å²) in [5, 5.41) is 6.75. The summed E-state index contributed by atoms with van der Waals surface area (Å²) in [6, 6.07) is 52.1. The fourth-order valence-corrected chi connectivity index (χ4v) is 6.34. The number of fused-ring (bicyclic) bond motifs is 8. The molecule has 0 saturated carbocycles. The Bertz CT molecular complexity index is 2520. The Morgan fingerprint density at radius 1 is 0.333 bits per heavy atom. The number of benzene rings is 7. The van der Waals surface area contributed by atoms with Crippen molar-refractivity contribution in [1.29, 1.82) is 0 Å². The molecule has 4 heteroatoms. The van der Waals surface area contributed by atoms with Crippen molar-refractivity contribution in [2.45, 2.75) is 0 Å². The molecule has 0 aliphatic rings. The van der Waals surface area contributed by atoms with E-state index in [4.69, 9.17) is 19.4 Å². The number of nitrogens with zero attached hydrogens (tertiary/aromatic N) is 3. The number of rotatable bonds is 4. The molecule has 45 heavy (non-hydrogen) atoms. The second kappa shape index (κ2) is 10.2. The van der Waals surface area contributed by atoms with Gasteiger partial charge in [-0.1, -0.05) is 140 Å². The van der Waals surface area contributed by atoms with Crippen molar-refractivity contribution in [1.82, 2.24) is 15.0 Å². The molecule has 0 N–H and O–H groups in total. The van der Waals surface area contributed by atoms with Crippen LogP contribution in [-0.4, -0.2) is 15.0 Å². The van der Waals surface area contributed by atoms with Crippen LogP contribution in [0.5, 0.6) is 0 Å². The molecule has 210 valence electrons. The number of hydrogen-bond acceptors (Lipinski definition) is 4. The molecule has 0 atom stereocenters. The van der Waals surface area contributed by atoms with Crippen LogP contribution >= 0.6 is 0 Å².